The minimum atomic E-state index is -0.357. The predicted molar refractivity (Wildman–Crippen MR) is 89.1 cm³/mol. The molecular formula is C19H18O4. The molecule has 0 saturated heterocycles. The van der Waals surface area contributed by atoms with E-state index in [0.29, 0.717) is 12.0 Å². The molecule has 0 radical (unpaired) electrons. The summed E-state index contributed by atoms with van der Waals surface area (Å²) in [5, 5.41) is 9.84. The van der Waals surface area contributed by atoms with Crippen molar-refractivity contribution in [1.29, 1.82) is 0 Å². The average molecular weight is 310 g/mol. The molecule has 0 amide bonds. The van der Waals surface area contributed by atoms with Gasteiger partial charge in [0.15, 0.2) is 11.6 Å². The number of ketones is 2. The summed E-state index contributed by atoms with van der Waals surface area (Å²) < 4.78 is 5.07. The smallest absolute Gasteiger partial charge is 0.189 e. The van der Waals surface area contributed by atoms with Gasteiger partial charge in [0.2, 0.25) is 0 Å². The molecule has 4 nitrogen and oxygen atoms in total. The van der Waals surface area contributed by atoms with Crippen LogP contribution in [0.2, 0.25) is 0 Å². The lowest BCUT2D eigenvalue weighted by atomic mass is 10.0. The minimum absolute atomic E-state index is 0.0711. The molecule has 118 valence electrons. The molecule has 0 bridgehead atoms. The number of phenols is 1. The van der Waals surface area contributed by atoms with E-state index in [1.807, 2.05) is 12.1 Å². The van der Waals surface area contributed by atoms with E-state index in [4.69, 9.17) is 4.74 Å². The SMILES string of the molecule is CCC(=O)c1ccc(O)c(C(=O)C=Cc2ccc(OC)cc2)c1. The molecule has 4 heteroatoms. The molecular weight excluding hydrogens is 292 g/mol. The Morgan fingerprint density at radius 3 is 2.43 bits per heavy atom. The van der Waals surface area contributed by atoms with Crippen molar-refractivity contribution >= 4 is 17.6 Å². The fourth-order valence-corrected chi connectivity index (χ4v) is 2.09. The fourth-order valence-electron chi connectivity index (χ4n) is 2.09. The second-order valence-electron chi connectivity index (χ2n) is 4.98. The molecule has 0 heterocycles. The van der Waals surface area contributed by atoms with E-state index >= 15 is 0 Å². The Kier molecular flexibility index (Phi) is 5.31. The maximum atomic E-state index is 12.2. The predicted octanol–water partition coefficient (Wildman–Crippen LogP) is 3.89. The first-order valence-electron chi connectivity index (χ1n) is 7.27. The summed E-state index contributed by atoms with van der Waals surface area (Å²) in [5.41, 5.74) is 1.37. The summed E-state index contributed by atoms with van der Waals surface area (Å²) >= 11 is 0. The van der Waals surface area contributed by atoms with E-state index in [2.05, 4.69) is 0 Å². The van der Waals surface area contributed by atoms with E-state index in [9.17, 15) is 14.7 Å². The van der Waals surface area contributed by atoms with Crippen LogP contribution in [0.5, 0.6) is 11.5 Å². The number of hydrogen-bond donors (Lipinski definition) is 1. The summed E-state index contributed by atoms with van der Waals surface area (Å²) in [6.45, 7) is 1.75. The molecule has 0 fully saturated rings. The van der Waals surface area contributed by atoms with Gasteiger partial charge < -0.3 is 9.84 Å². The summed E-state index contributed by atoms with van der Waals surface area (Å²) in [5.74, 6) is 0.168. The van der Waals surface area contributed by atoms with Crippen LogP contribution in [0.1, 0.15) is 39.6 Å². The molecule has 1 N–H and O–H groups in total. The first-order valence-corrected chi connectivity index (χ1v) is 7.27. The number of hydrogen-bond acceptors (Lipinski definition) is 4. The van der Waals surface area contributed by atoms with Gasteiger partial charge in [0.05, 0.1) is 12.7 Å². The van der Waals surface area contributed by atoms with E-state index in [0.717, 1.165) is 11.3 Å². The zero-order chi connectivity index (χ0) is 16.8. The first kappa shape index (κ1) is 16.5. The van der Waals surface area contributed by atoms with Crippen molar-refractivity contribution in [3.63, 3.8) is 0 Å². The third-order valence-electron chi connectivity index (χ3n) is 3.45. The van der Waals surface area contributed by atoms with Crippen LogP contribution in [-0.2, 0) is 0 Å². The summed E-state index contributed by atoms with van der Waals surface area (Å²) in [6.07, 6.45) is 3.37. The standard InChI is InChI=1S/C19H18O4/c1-3-17(20)14-7-11-19(22)16(12-14)18(21)10-6-13-4-8-15(23-2)9-5-13/h4-12,22H,3H2,1-2H3. The maximum absolute atomic E-state index is 12.2. The first-order chi connectivity index (χ1) is 11.0. The molecule has 0 aromatic heterocycles. The number of benzene rings is 2. The molecule has 0 aliphatic carbocycles. The quantitative estimate of drug-likeness (QED) is 0.649. The third kappa shape index (κ3) is 4.07. The number of allylic oxidation sites excluding steroid dienone is 1. The number of carbonyl (C=O) groups excluding carboxylic acids is 2. The Balaban J connectivity index is 2.22. The monoisotopic (exact) mass is 310 g/mol. The highest BCUT2D eigenvalue weighted by Gasteiger charge is 2.12. The van der Waals surface area contributed by atoms with Crippen molar-refractivity contribution in [2.45, 2.75) is 13.3 Å². The zero-order valence-corrected chi connectivity index (χ0v) is 13.1. The van der Waals surface area contributed by atoms with Gasteiger partial charge in [-0.1, -0.05) is 25.1 Å². The second-order valence-corrected chi connectivity index (χ2v) is 4.98. The third-order valence-corrected chi connectivity index (χ3v) is 3.45. The summed E-state index contributed by atoms with van der Waals surface area (Å²) in [4.78, 5) is 24.0. The lowest BCUT2D eigenvalue weighted by Crippen LogP contribution is -2.01. The molecule has 2 rings (SSSR count). The number of aromatic hydroxyl groups is 1. The Morgan fingerprint density at radius 1 is 1.13 bits per heavy atom. The van der Waals surface area contributed by atoms with Crippen LogP contribution in [0.4, 0.5) is 0 Å². The van der Waals surface area contributed by atoms with Crippen LogP contribution in [0, 0.1) is 0 Å². The molecule has 0 aliphatic heterocycles. The van der Waals surface area contributed by atoms with Gasteiger partial charge in [-0.25, -0.2) is 0 Å². The molecule has 0 aliphatic rings. The van der Waals surface area contributed by atoms with Gasteiger partial charge in [-0.15, -0.1) is 0 Å². The average Bonchev–Trinajstić information content (AvgIpc) is 2.59. The van der Waals surface area contributed by atoms with Crippen LogP contribution in [0.3, 0.4) is 0 Å². The molecule has 0 spiro atoms. The van der Waals surface area contributed by atoms with Crippen molar-refractivity contribution in [2.75, 3.05) is 7.11 Å². The molecule has 0 atom stereocenters. The van der Waals surface area contributed by atoms with E-state index in [1.54, 1.807) is 32.2 Å². The zero-order valence-electron chi connectivity index (χ0n) is 13.1. The number of rotatable bonds is 6. The van der Waals surface area contributed by atoms with Crippen molar-refractivity contribution < 1.29 is 19.4 Å². The van der Waals surface area contributed by atoms with Crippen LogP contribution in [0.25, 0.3) is 6.08 Å². The molecule has 2 aromatic rings. The van der Waals surface area contributed by atoms with Crippen molar-refractivity contribution in [3.8, 4) is 11.5 Å². The highest BCUT2D eigenvalue weighted by atomic mass is 16.5. The highest BCUT2D eigenvalue weighted by Crippen LogP contribution is 2.21. The Hall–Kier alpha value is -2.88. The lowest BCUT2D eigenvalue weighted by molar-refractivity contribution is 0.0988. The number of ether oxygens (including phenoxy) is 1. The molecule has 2 aromatic carbocycles. The Morgan fingerprint density at radius 2 is 1.83 bits per heavy atom. The van der Waals surface area contributed by atoms with Gasteiger partial charge in [0.1, 0.15) is 11.5 Å². The number of phenolic OH excluding ortho intramolecular Hbond substituents is 1. The van der Waals surface area contributed by atoms with E-state index in [-0.39, 0.29) is 22.9 Å². The van der Waals surface area contributed by atoms with E-state index < -0.39 is 0 Å². The fraction of sp³-hybridized carbons (Fsp3) is 0.158. The highest BCUT2D eigenvalue weighted by molar-refractivity contribution is 6.10. The Bertz CT molecular complexity index is 742. The maximum Gasteiger partial charge on any atom is 0.189 e. The molecule has 23 heavy (non-hydrogen) atoms. The van der Waals surface area contributed by atoms with Gasteiger partial charge in [-0.3, -0.25) is 9.59 Å². The van der Waals surface area contributed by atoms with E-state index in [1.165, 1.54) is 24.3 Å². The molecule has 0 saturated carbocycles. The lowest BCUT2D eigenvalue weighted by Gasteiger charge is -2.04. The van der Waals surface area contributed by atoms with Gasteiger partial charge in [0.25, 0.3) is 0 Å². The normalized spacial score (nSPS) is 10.7. The minimum Gasteiger partial charge on any atom is -0.507 e. The van der Waals surface area contributed by atoms with Crippen LogP contribution in [0.15, 0.2) is 48.5 Å². The van der Waals surface area contributed by atoms with Gasteiger partial charge in [-0.2, -0.15) is 0 Å². The van der Waals surface area contributed by atoms with Crippen molar-refractivity contribution in [3.05, 3.63) is 65.2 Å². The Labute approximate surface area is 135 Å². The second kappa shape index (κ2) is 7.40. The van der Waals surface area contributed by atoms with Crippen molar-refractivity contribution in [1.82, 2.24) is 0 Å². The van der Waals surface area contributed by atoms with Crippen LogP contribution in [-0.4, -0.2) is 23.8 Å². The molecule has 0 unspecified atom stereocenters. The van der Waals surface area contributed by atoms with Crippen molar-refractivity contribution in [2.24, 2.45) is 0 Å². The summed E-state index contributed by atoms with van der Waals surface area (Å²) in [7, 11) is 1.59. The van der Waals surface area contributed by atoms with Crippen LogP contribution >= 0.6 is 0 Å². The van der Waals surface area contributed by atoms with Gasteiger partial charge in [-0.05, 0) is 42.0 Å². The number of methoxy groups -OCH3 is 1. The van der Waals surface area contributed by atoms with Crippen LogP contribution < -0.4 is 4.74 Å². The summed E-state index contributed by atoms with van der Waals surface area (Å²) in [6, 6.07) is 11.5. The number of Topliss-reactive ketones (excluding diaryl/α,β-unsaturated/α-hetero) is 1. The topological polar surface area (TPSA) is 63.6 Å². The van der Waals surface area contributed by atoms with Gasteiger partial charge >= 0.3 is 0 Å². The largest absolute Gasteiger partial charge is 0.507 e. The number of carbonyl (C=O) groups is 2. The van der Waals surface area contributed by atoms with Gasteiger partial charge in [0, 0.05) is 12.0 Å².